The molecule has 0 aliphatic carbocycles. The number of aromatic nitrogens is 2. The molecule has 202 valence electrons. The summed E-state index contributed by atoms with van der Waals surface area (Å²) in [6.45, 7) is 9.24. The van der Waals surface area contributed by atoms with E-state index in [0.29, 0.717) is 11.8 Å². The molecule has 0 spiro atoms. The first-order chi connectivity index (χ1) is 20.0. The van der Waals surface area contributed by atoms with Gasteiger partial charge in [0, 0.05) is 25.9 Å². The van der Waals surface area contributed by atoms with Crippen LogP contribution in [0.5, 0.6) is 0 Å². The second kappa shape index (κ2) is 10.4. The number of hydrogen-bond donors (Lipinski definition) is 0. The van der Waals surface area contributed by atoms with Gasteiger partial charge in [-0.1, -0.05) is 82.3 Å². The van der Waals surface area contributed by atoms with Crippen molar-refractivity contribution in [2.45, 2.75) is 39.5 Å². The van der Waals surface area contributed by atoms with Crippen molar-refractivity contribution in [2.24, 2.45) is 0 Å². The monoisotopic (exact) mass is 568 g/mol. The summed E-state index contributed by atoms with van der Waals surface area (Å²) in [5, 5.41) is 5.70. The molecule has 0 saturated heterocycles. The summed E-state index contributed by atoms with van der Waals surface area (Å²) in [4.78, 5) is 6.62. The fourth-order valence-electron chi connectivity index (χ4n) is 5.85. The predicted molar refractivity (Wildman–Crippen MR) is 179 cm³/mol. The third-order valence-electron chi connectivity index (χ3n) is 7.92. The summed E-state index contributed by atoms with van der Waals surface area (Å²) in [6.07, 6.45) is 0. The highest BCUT2D eigenvalue weighted by Gasteiger charge is 2.24. The van der Waals surface area contributed by atoms with Gasteiger partial charge in [-0.3, -0.25) is 4.57 Å². The van der Waals surface area contributed by atoms with Gasteiger partial charge in [0.2, 0.25) is 0 Å². The van der Waals surface area contributed by atoms with E-state index in [1.165, 1.54) is 54.0 Å². The minimum absolute atomic E-state index is 0.338. The molecule has 0 fully saturated rings. The van der Waals surface area contributed by atoms with Gasteiger partial charge in [-0.25, -0.2) is 4.98 Å². The zero-order valence-corrected chi connectivity index (χ0v) is 25.4. The van der Waals surface area contributed by atoms with Crippen molar-refractivity contribution in [1.29, 1.82) is 0 Å². The normalized spacial score (nSPS) is 11.9. The van der Waals surface area contributed by atoms with Crippen LogP contribution in [0.15, 0.2) is 108 Å². The highest BCUT2D eigenvalue weighted by atomic mass is 32.1. The van der Waals surface area contributed by atoms with Crippen LogP contribution in [0, 0.1) is 0 Å². The Labute approximate surface area is 249 Å². The summed E-state index contributed by atoms with van der Waals surface area (Å²) < 4.78 is 3.74. The summed E-state index contributed by atoms with van der Waals surface area (Å²) in [5.41, 5.74) is 11.1. The number of para-hydroxylation sites is 2. The SMILES string of the molecule is CC(C)c1cc(-c2ccccc2)cc(C(C)C)c1-n1c(-c2csc3ccc(-c4cccs4)cc23)nc2ccccc21. The quantitative estimate of drug-likeness (QED) is 0.195. The van der Waals surface area contributed by atoms with E-state index in [1.807, 2.05) is 0 Å². The Hall–Kier alpha value is -3.99. The van der Waals surface area contributed by atoms with Crippen LogP contribution in [0.4, 0.5) is 0 Å². The summed E-state index contributed by atoms with van der Waals surface area (Å²) in [6, 6.07) is 35.3. The van der Waals surface area contributed by atoms with E-state index >= 15 is 0 Å². The number of hydrogen-bond acceptors (Lipinski definition) is 3. The Morgan fingerprint density at radius 2 is 1.39 bits per heavy atom. The van der Waals surface area contributed by atoms with Crippen molar-refractivity contribution in [2.75, 3.05) is 0 Å². The molecule has 0 aliphatic rings. The number of thiophene rings is 2. The molecular formula is C37H32N2S2. The van der Waals surface area contributed by atoms with Crippen LogP contribution < -0.4 is 0 Å². The molecule has 4 aromatic carbocycles. The van der Waals surface area contributed by atoms with Gasteiger partial charge in [-0.2, -0.15) is 0 Å². The second-order valence-electron chi connectivity index (χ2n) is 11.3. The van der Waals surface area contributed by atoms with Crippen molar-refractivity contribution in [1.82, 2.24) is 9.55 Å². The van der Waals surface area contributed by atoms with Crippen LogP contribution in [0.2, 0.25) is 0 Å². The predicted octanol–water partition coefficient (Wildman–Crippen LogP) is 11.5. The molecule has 0 atom stereocenters. The zero-order valence-electron chi connectivity index (χ0n) is 23.8. The Balaban J connectivity index is 1.54. The van der Waals surface area contributed by atoms with Crippen LogP contribution in [0.1, 0.15) is 50.7 Å². The molecule has 7 rings (SSSR count). The van der Waals surface area contributed by atoms with Crippen LogP contribution in [0.25, 0.3) is 59.8 Å². The van der Waals surface area contributed by atoms with E-state index in [1.54, 1.807) is 22.7 Å². The van der Waals surface area contributed by atoms with Gasteiger partial charge in [0.15, 0.2) is 0 Å². The summed E-state index contributed by atoms with van der Waals surface area (Å²) >= 11 is 3.58. The molecule has 2 nitrogen and oxygen atoms in total. The molecule has 41 heavy (non-hydrogen) atoms. The highest BCUT2D eigenvalue weighted by Crippen LogP contribution is 2.43. The molecule has 0 radical (unpaired) electrons. The minimum atomic E-state index is 0.338. The smallest absolute Gasteiger partial charge is 0.147 e. The maximum atomic E-state index is 5.33. The lowest BCUT2D eigenvalue weighted by Crippen LogP contribution is -2.09. The van der Waals surface area contributed by atoms with Crippen molar-refractivity contribution in [3.05, 3.63) is 119 Å². The molecule has 0 bridgehead atoms. The van der Waals surface area contributed by atoms with Crippen molar-refractivity contribution >= 4 is 43.8 Å². The maximum absolute atomic E-state index is 5.33. The Bertz CT molecular complexity index is 1960. The molecule has 4 heteroatoms. The molecule has 3 heterocycles. The van der Waals surface area contributed by atoms with Crippen LogP contribution >= 0.6 is 22.7 Å². The Kier molecular flexibility index (Phi) is 6.61. The highest BCUT2D eigenvalue weighted by molar-refractivity contribution is 7.17. The average Bonchev–Trinajstić information content (AvgIpc) is 3.75. The van der Waals surface area contributed by atoms with Gasteiger partial charge < -0.3 is 0 Å². The van der Waals surface area contributed by atoms with E-state index in [-0.39, 0.29) is 0 Å². The largest absolute Gasteiger partial charge is 0.292 e. The van der Waals surface area contributed by atoms with Gasteiger partial charge in [-0.05, 0) is 87.5 Å². The van der Waals surface area contributed by atoms with E-state index in [4.69, 9.17) is 4.98 Å². The third-order valence-corrected chi connectivity index (χ3v) is 9.81. The lowest BCUT2D eigenvalue weighted by molar-refractivity contribution is 0.812. The molecule has 0 amide bonds. The molecule has 0 aliphatic heterocycles. The van der Waals surface area contributed by atoms with Crippen molar-refractivity contribution < 1.29 is 0 Å². The van der Waals surface area contributed by atoms with E-state index in [9.17, 15) is 0 Å². The first-order valence-corrected chi connectivity index (χ1v) is 16.0. The van der Waals surface area contributed by atoms with Crippen LogP contribution in [-0.2, 0) is 0 Å². The Morgan fingerprint density at radius 3 is 2.10 bits per heavy atom. The average molecular weight is 569 g/mol. The van der Waals surface area contributed by atoms with Gasteiger partial charge >= 0.3 is 0 Å². The maximum Gasteiger partial charge on any atom is 0.147 e. The molecule has 0 unspecified atom stereocenters. The number of nitrogens with zero attached hydrogens (tertiary/aromatic N) is 2. The first kappa shape index (κ1) is 25.9. The molecular weight excluding hydrogens is 537 g/mol. The number of fused-ring (bicyclic) bond motifs is 2. The van der Waals surface area contributed by atoms with E-state index in [2.05, 4.69) is 140 Å². The lowest BCUT2D eigenvalue weighted by Gasteiger charge is -2.24. The Morgan fingerprint density at radius 1 is 0.659 bits per heavy atom. The van der Waals surface area contributed by atoms with Gasteiger partial charge in [0.25, 0.3) is 0 Å². The number of rotatable bonds is 6. The van der Waals surface area contributed by atoms with Gasteiger partial charge in [0.1, 0.15) is 5.82 Å². The molecule has 7 aromatic rings. The standard InChI is InChI=1S/C37H32N2S2/c1-23(2)28-20-27(25-11-6-5-7-12-25)21-29(24(3)4)36(28)39-33-14-9-8-13-32(33)38-37(39)31-22-41-35-17-16-26(19-30(31)35)34-15-10-18-40-34/h5-24H,1-4H3. The van der Waals surface area contributed by atoms with Gasteiger partial charge in [-0.15, -0.1) is 22.7 Å². The van der Waals surface area contributed by atoms with Gasteiger partial charge in [0.05, 0.1) is 16.7 Å². The van der Waals surface area contributed by atoms with E-state index in [0.717, 1.165) is 16.9 Å². The fraction of sp³-hybridized carbons (Fsp3) is 0.162. The number of benzene rings is 4. The van der Waals surface area contributed by atoms with Crippen molar-refractivity contribution in [3.8, 4) is 38.6 Å². The van der Waals surface area contributed by atoms with Crippen LogP contribution in [0.3, 0.4) is 0 Å². The molecule has 3 aromatic heterocycles. The van der Waals surface area contributed by atoms with Crippen molar-refractivity contribution in [3.63, 3.8) is 0 Å². The van der Waals surface area contributed by atoms with Crippen LogP contribution in [-0.4, -0.2) is 9.55 Å². The number of imidazole rings is 1. The third kappa shape index (κ3) is 4.52. The lowest BCUT2D eigenvalue weighted by atomic mass is 9.88. The zero-order chi connectivity index (χ0) is 28.1. The molecule has 0 N–H and O–H groups in total. The second-order valence-corrected chi connectivity index (χ2v) is 13.1. The molecule has 0 saturated carbocycles. The summed E-state index contributed by atoms with van der Waals surface area (Å²) in [7, 11) is 0. The minimum Gasteiger partial charge on any atom is -0.292 e. The summed E-state index contributed by atoms with van der Waals surface area (Å²) in [5.74, 6) is 1.69. The topological polar surface area (TPSA) is 17.8 Å². The first-order valence-electron chi connectivity index (χ1n) is 14.3. The fourth-order valence-corrected chi connectivity index (χ4v) is 7.49. The van der Waals surface area contributed by atoms with E-state index < -0.39 is 0 Å².